The Bertz CT molecular complexity index is 809. The number of hydrogen-bond acceptors (Lipinski definition) is 5. The molecule has 8 heteroatoms. The Labute approximate surface area is 177 Å². The molecule has 0 radical (unpaired) electrons. The molecule has 0 bridgehead atoms. The molecule has 1 aromatic heterocycles. The van der Waals surface area contributed by atoms with Crippen LogP contribution in [0.5, 0.6) is 0 Å². The predicted molar refractivity (Wildman–Crippen MR) is 114 cm³/mol. The quantitative estimate of drug-likeness (QED) is 0.759. The summed E-state index contributed by atoms with van der Waals surface area (Å²) in [7, 11) is 0. The van der Waals surface area contributed by atoms with Crippen LogP contribution in [0.25, 0.3) is 0 Å². The number of alkyl carbamates (subject to hydrolysis) is 1. The Morgan fingerprint density at radius 1 is 1.17 bits per heavy atom. The second-order valence-electron chi connectivity index (χ2n) is 8.48. The van der Waals surface area contributed by atoms with Gasteiger partial charge >= 0.3 is 6.09 Å². The van der Waals surface area contributed by atoms with Crippen molar-refractivity contribution in [2.75, 3.05) is 32.7 Å². The molecule has 1 aromatic carbocycles. The summed E-state index contributed by atoms with van der Waals surface area (Å²) < 4.78 is 5.37. The van der Waals surface area contributed by atoms with E-state index in [1.807, 2.05) is 41.4 Å². The van der Waals surface area contributed by atoms with Crippen molar-refractivity contribution in [2.24, 2.45) is 0 Å². The van der Waals surface area contributed by atoms with Gasteiger partial charge in [0, 0.05) is 51.0 Å². The van der Waals surface area contributed by atoms with Gasteiger partial charge in [0.2, 0.25) is 5.91 Å². The second-order valence-corrected chi connectivity index (χ2v) is 8.48. The summed E-state index contributed by atoms with van der Waals surface area (Å²) in [5.41, 5.74) is 1.23. The zero-order valence-electron chi connectivity index (χ0n) is 17.9. The zero-order chi connectivity index (χ0) is 21.6. The SMILES string of the molecule is CC(C)(C)OC(=O)N[C@@H](C(=O)N1CCN(CCc2cnc[nH]2)CC1)c1ccccc1. The lowest BCUT2D eigenvalue weighted by atomic mass is 10.1. The fourth-order valence-electron chi connectivity index (χ4n) is 3.43. The predicted octanol–water partition coefficient (Wildman–Crippen LogP) is 2.36. The van der Waals surface area contributed by atoms with Crippen LogP contribution < -0.4 is 5.32 Å². The third kappa shape index (κ3) is 6.32. The first-order valence-corrected chi connectivity index (χ1v) is 10.3. The molecule has 3 rings (SSSR count). The van der Waals surface area contributed by atoms with Crippen LogP contribution in [0.15, 0.2) is 42.9 Å². The molecule has 2 N–H and O–H groups in total. The van der Waals surface area contributed by atoms with E-state index in [0.717, 1.165) is 37.3 Å². The molecule has 2 heterocycles. The van der Waals surface area contributed by atoms with E-state index >= 15 is 0 Å². The lowest BCUT2D eigenvalue weighted by Gasteiger charge is -2.36. The summed E-state index contributed by atoms with van der Waals surface area (Å²) >= 11 is 0. The van der Waals surface area contributed by atoms with Crippen molar-refractivity contribution in [3.63, 3.8) is 0 Å². The van der Waals surface area contributed by atoms with E-state index in [9.17, 15) is 9.59 Å². The van der Waals surface area contributed by atoms with E-state index in [-0.39, 0.29) is 5.91 Å². The molecule has 1 fully saturated rings. The number of nitrogens with zero attached hydrogens (tertiary/aromatic N) is 3. The highest BCUT2D eigenvalue weighted by molar-refractivity contribution is 5.87. The molecule has 0 saturated carbocycles. The number of benzene rings is 1. The highest BCUT2D eigenvalue weighted by Gasteiger charge is 2.31. The van der Waals surface area contributed by atoms with E-state index < -0.39 is 17.7 Å². The summed E-state index contributed by atoms with van der Waals surface area (Å²) in [6.07, 6.45) is 3.84. The summed E-state index contributed by atoms with van der Waals surface area (Å²) in [4.78, 5) is 37.0. The number of amides is 2. The molecule has 1 saturated heterocycles. The molecule has 8 nitrogen and oxygen atoms in total. The molecule has 1 atom stereocenters. The van der Waals surface area contributed by atoms with Crippen molar-refractivity contribution in [2.45, 2.75) is 38.8 Å². The van der Waals surface area contributed by atoms with Gasteiger partial charge in [-0.25, -0.2) is 9.78 Å². The molecule has 2 aromatic rings. The molecule has 162 valence electrons. The van der Waals surface area contributed by atoms with Gasteiger partial charge in [-0.15, -0.1) is 0 Å². The Balaban J connectivity index is 1.60. The van der Waals surface area contributed by atoms with Crippen molar-refractivity contribution >= 4 is 12.0 Å². The minimum absolute atomic E-state index is 0.111. The molecule has 0 spiro atoms. The molecule has 2 amide bonds. The second kappa shape index (κ2) is 9.75. The van der Waals surface area contributed by atoms with Crippen LogP contribution in [0.2, 0.25) is 0 Å². The minimum Gasteiger partial charge on any atom is -0.444 e. The fraction of sp³-hybridized carbons (Fsp3) is 0.500. The third-order valence-electron chi connectivity index (χ3n) is 4.98. The zero-order valence-corrected chi connectivity index (χ0v) is 17.9. The first-order chi connectivity index (χ1) is 14.3. The van der Waals surface area contributed by atoms with Crippen molar-refractivity contribution < 1.29 is 14.3 Å². The number of imidazole rings is 1. The van der Waals surface area contributed by atoms with Crippen LogP contribution in [0, 0.1) is 0 Å². The average molecular weight is 414 g/mol. The number of piperazine rings is 1. The van der Waals surface area contributed by atoms with Crippen LogP contribution >= 0.6 is 0 Å². The lowest BCUT2D eigenvalue weighted by molar-refractivity contribution is -0.135. The van der Waals surface area contributed by atoms with E-state index in [1.54, 1.807) is 27.1 Å². The first kappa shape index (κ1) is 21.8. The van der Waals surface area contributed by atoms with Crippen LogP contribution in [0.1, 0.15) is 38.1 Å². The number of carbonyl (C=O) groups excluding carboxylic acids is 2. The van der Waals surface area contributed by atoms with E-state index in [2.05, 4.69) is 20.2 Å². The van der Waals surface area contributed by atoms with Gasteiger partial charge in [-0.1, -0.05) is 30.3 Å². The normalized spacial score (nSPS) is 16.2. The number of ether oxygens (including phenoxy) is 1. The Kier molecular flexibility index (Phi) is 7.10. The summed E-state index contributed by atoms with van der Waals surface area (Å²) in [6.45, 7) is 9.17. The summed E-state index contributed by atoms with van der Waals surface area (Å²) in [5, 5.41) is 2.76. The number of hydrogen-bond donors (Lipinski definition) is 2. The van der Waals surface area contributed by atoms with Crippen LogP contribution in [-0.4, -0.2) is 70.1 Å². The van der Waals surface area contributed by atoms with Gasteiger partial charge in [0.15, 0.2) is 0 Å². The minimum atomic E-state index is -0.766. The number of carbonyl (C=O) groups is 2. The van der Waals surface area contributed by atoms with Crippen molar-refractivity contribution in [3.05, 3.63) is 54.1 Å². The maximum atomic E-state index is 13.3. The first-order valence-electron chi connectivity index (χ1n) is 10.3. The van der Waals surface area contributed by atoms with Gasteiger partial charge in [0.1, 0.15) is 11.6 Å². The molecular formula is C22H31N5O3. The molecule has 30 heavy (non-hydrogen) atoms. The van der Waals surface area contributed by atoms with Gasteiger partial charge < -0.3 is 19.9 Å². The maximum Gasteiger partial charge on any atom is 0.408 e. The van der Waals surface area contributed by atoms with Crippen molar-refractivity contribution in [3.8, 4) is 0 Å². The lowest BCUT2D eigenvalue weighted by Crippen LogP contribution is -2.52. The Morgan fingerprint density at radius 3 is 2.47 bits per heavy atom. The van der Waals surface area contributed by atoms with Crippen LogP contribution in [0.3, 0.4) is 0 Å². The van der Waals surface area contributed by atoms with E-state index in [1.165, 1.54) is 0 Å². The van der Waals surface area contributed by atoms with E-state index in [4.69, 9.17) is 4.74 Å². The third-order valence-corrected chi connectivity index (χ3v) is 4.98. The molecule has 1 aliphatic heterocycles. The standard InChI is InChI=1S/C22H31N5O3/c1-22(2,3)30-21(29)25-19(17-7-5-4-6-8-17)20(28)27-13-11-26(12-14-27)10-9-18-15-23-16-24-18/h4-8,15-16,19H,9-14H2,1-3H3,(H,23,24)(H,25,29)/t19-/m1/s1. The van der Waals surface area contributed by atoms with Gasteiger partial charge in [-0.2, -0.15) is 0 Å². The monoisotopic (exact) mass is 413 g/mol. The number of H-pyrrole nitrogens is 1. The molecular weight excluding hydrogens is 382 g/mol. The summed E-state index contributed by atoms with van der Waals surface area (Å²) in [5.74, 6) is -0.111. The highest BCUT2D eigenvalue weighted by atomic mass is 16.6. The highest BCUT2D eigenvalue weighted by Crippen LogP contribution is 2.19. The Hall–Kier alpha value is -2.87. The average Bonchev–Trinajstić information content (AvgIpc) is 3.23. The van der Waals surface area contributed by atoms with Gasteiger partial charge in [0.25, 0.3) is 0 Å². The molecule has 0 aliphatic carbocycles. The number of rotatable bonds is 6. The van der Waals surface area contributed by atoms with Gasteiger partial charge in [-0.3, -0.25) is 9.69 Å². The summed E-state index contributed by atoms with van der Waals surface area (Å²) in [6, 6.07) is 8.54. The topological polar surface area (TPSA) is 90.6 Å². The van der Waals surface area contributed by atoms with Gasteiger partial charge in [0.05, 0.1) is 6.33 Å². The fourth-order valence-corrected chi connectivity index (χ4v) is 3.43. The van der Waals surface area contributed by atoms with Crippen LogP contribution in [-0.2, 0) is 16.0 Å². The number of aromatic nitrogens is 2. The largest absolute Gasteiger partial charge is 0.444 e. The van der Waals surface area contributed by atoms with E-state index in [0.29, 0.717) is 13.1 Å². The van der Waals surface area contributed by atoms with Crippen molar-refractivity contribution in [1.82, 2.24) is 25.1 Å². The number of aromatic amines is 1. The molecule has 1 aliphatic rings. The molecule has 0 unspecified atom stereocenters. The Morgan fingerprint density at radius 2 is 1.87 bits per heavy atom. The van der Waals surface area contributed by atoms with Crippen LogP contribution in [0.4, 0.5) is 4.79 Å². The van der Waals surface area contributed by atoms with Crippen molar-refractivity contribution in [1.29, 1.82) is 0 Å². The number of nitrogens with one attached hydrogen (secondary N) is 2. The smallest absolute Gasteiger partial charge is 0.408 e. The van der Waals surface area contributed by atoms with Gasteiger partial charge in [-0.05, 0) is 26.3 Å². The maximum absolute atomic E-state index is 13.3.